The SMILES string of the molecule is COc1cc(C)cc(Nc2ncc(C)c(N(F)c3ccccc3)n2)c1. The van der Waals surface area contributed by atoms with Crippen LogP contribution in [-0.2, 0) is 0 Å². The van der Waals surface area contributed by atoms with Crippen molar-refractivity contribution in [3.63, 3.8) is 0 Å². The summed E-state index contributed by atoms with van der Waals surface area (Å²) in [6.07, 6.45) is 1.59. The van der Waals surface area contributed by atoms with Crippen molar-refractivity contribution in [3.05, 3.63) is 65.9 Å². The minimum Gasteiger partial charge on any atom is -0.497 e. The molecular formula is C19H19FN4O. The molecule has 0 unspecified atom stereocenters. The van der Waals surface area contributed by atoms with Gasteiger partial charge in [-0.05, 0) is 43.7 Å². The Hall–Kier alpha value is -3.15. The molecule has 1 aromatic heterocycles. The molecule has 5 nitrogen and oxygen atoms in total. The van der Waals surface area contributed by atoms with Crippen molar-refractivity contribution in [2.45, 2.75) is 13.8 Å². The van der Waals surface area contributed by atoms with E-state index in [1.165, 1.54) is 0 Å². The highest BCUT2D eigenvalue weighted by Crippen LogP contribution is 2.28. The number of hydrogen-bond donors (Lipinski definition) is 1. The molecule has 0 aliphatic carbocycles. The topological polar surface area (TPSA) is 50.3 Å². The van der Waals surface area contributed by atoms with Gasteiger partial charge in [0.25, 0.3) is 0 Å². The molecule has 1 N–H and O–H groups in total. The second kappa shape index (κ2) is 7.17. The van der Waals surface area contributed by atoms with E-state index in [2.05, 4.69) is 15.3 Å². The lowest BCUT2D eigenvalue weighted by atomic mass is 10.2. The summed E-state index contributed by atoms with van der Waals surface area (Å²) in [7, 11) is 1.61. The maximum Gasteiger partial charge on any atom is 0.229 e. The van der Waals surface area contributed by atoms with Gasteiger partial charge >= 0.3 is 0 Å². The molecule has 0 spiro atoms. The van der Waals surface area contributed by atoms with Crippen LogP contribution in [0.5, 0.6) is 5.75 Å². The number of rotatable bonds is 5. The molecule has 1 heterocycles. The Kier molecular flexibility index (Phi) is 4.79. The van der Waals surface area contributed by atoms with Crippen LogP contribution in [0.2, 0.25) is 0 Å². The van der Waals surface area contributed by atoms with Gasteiger partial charge in [0, 0.05) is 23.5 Å². The molecule has 6 heteroatoms. The Labute approximate surface area is 146 Å². The number of nitrogens with zero attached hydrogens (tertiary/aromatic N) is 3. The molecule has 0 saturated heterocycles. The van der Waals surface area contributed by atoms with Gasteiger partial charge < -0.3 is 10.1 Å². The molecule has 0 atom stereocenters. The summed E-state index contributed by atoms with van der Waals surface area (Å²) in [5, 5.41) is 3.65. The number of methoxy groups -OCH3 is 1. The average Bonchev–Trinajstić information content (AvgIpc) is 2.63. The predicted octanol–water partition coefficient (Wildman–Crippen LogP) is 4.87. The molecule has 0 fully saturated rings. The number of aryl methyl sites for hydroxylation is 2. The first-order chi connectivity index (χ1) is 12.1. The number of ether oxygens (including phenoxy) is 1. The molecule has 3 aromatic rings. The zero-order chi connectivity index (χ0) is 17.8. The number of nitrogens with one attached hydrogen (secondary N) is 1. The largest absolute Gasteiger partial charge is 0.497 e. The van der Waals surface area contributed by atoms with Crippen LogP contribution in [0.1, 0.15) is 11.1 Å². The molecule has 0 aliphatic heterocycles. The Morgan fingerprint density at radius 3 is 2.56 bits per heavy atom. The summed E-state index contributed by atoms with van der Waals surface area (Å²) in [5.74, 6) is 1.24. The number of halogens is 1. The third kappa shape index (κ3) is 3.85. The smallest absolute Gasteiger partial charge is 0.229 e. The van der Waals surface area contributed by atoms with Crippen molar-refractivity contribution in [1.82, 2.24) is 9.97 Å². The molecular weight excluding hydrogens is 319 g/mol. The molecule has 128 valence electrons. The van der Waals surface area contributed by atoms with Gasteiger partial charge in [-0.2, -0.15) is 10.1 Å². The van der Waals surface area contributed by atoms with Gasteiger partial charge in [-0.15, -0.1) is 0 Å². The fraction of sp³-hybridized carbons (Fsp3) is 0.158. The summed E-state index contributed by atoms with van der Waals surface area (Å²) >= 11 is 0. The maximum absolute atomic E-state index is 14.7. The second-order valence-corrected chi connectivity index (χ2v) is 5.68. The minimum absolute atomic E-state index is 0.198. The molecule has 0 aliphatic rings. The highest BCUT2D eigenvalue weighted by Gasteiger charge is 2.14. The Bertz CT molecular complexity index is 871. The van der Waals surface area contributed by atoms with Gasteiger partial charge in [0.15, 0.2) is 5.82 Å². The number of hydrogen-bond acceptors (Lipinski definition) is 5. The van der Waals surface area contributed by atoms with E-state index >= 15 is 0 Å². The lowest BCUT2D eigenvalue weighted by molar-refractivity contribution is 0.414. The monoisotopic (exact) mass is 338 g/mol. The van der Waals surface area contributed by atoms with Crippen LogP contribution in [0.4, 0.5) is 27.6 Å². The quantitative estimate of drug-likeness (QED) is 0.673. The first kappa shape index (κ1) is 16.7. The van der Waals surface area contributed by atoms with E-state index in [0.29, 0.717) is 22.3 Å². The van der Waals surface area contributed by atoms with E-state index in [9.17, 15) is 4.48 Å². The van der Waals surface area contributed by atoms with Crippen molar-refractivity contribution >= 4 is 23.1 Å². The van der Waals surface area contributed by atoms with Crippen molar-refractivity contribution < 1.29 is 9.22 Å². The van der Waals surface area contributed by atoms with Crippen molar-refractivity contribution in [1.29, 1.82) is 0 Å². The van der Waals surface area contributed by atoms with Crippen molar-refractivity contribution in [2.24, 2.45) is 0 Å². The molecule has 0 bridgehead atoms. The average molecular weight is 338 g/mol. The molecule has 0 radical (unpaired) electrons. The highest BCUT2D eigenvalue weighted by molar-refractivity contribution is 5.63. The molecule has 0 amide bonds. The van der Waals surface area contributed by atoms with Crippen molar-refractivity contribution in [3.8, 4) is 5.75 Å². The molecule has 25 heavy (non-hydrogen) atoms. The lowest BCUT2D eigenvalue weighted by Gasteiger charge is -2.16. The third-order valence-electron chi connectivity index (χ3n) is 3.66. The Morgan fingerprint density at radius 2 is 1.84 bits per heavy atom. The van der Waals surface area contributed by atoms with Gasteiger partial charge in [-0.3, -0.25) is 0 Å². The summed E-state index contributed by atoms with van der Waals surface area (Å²) < 4.78 is 20.0. The number of aromatic nitrogens is 2. The first-order valence-electron chi connectivity index (χ1n) is 7.84. The van der Waals surface area contributed by atoms with Crippen LogP contribution >= 0.6 is 0 Å². The number of anilines is 4. The van der Waals surface area contributed by atoms with Crippen LogP contribution in [0, 0.1) is 13.8 Å². The van der Waals surface area contributed by atoms with Crippen LogP contribution < -0.4 is 15.2 Å². The van der Waals surface area contributed by atoms with E-state index in [0.717, 1.165) is 17.0 Å². The lowest BCUT2D eigenvalue weighted by Crippen LogP contribution is -2.10. The fourth-order valence-electron chi connectivity index (χ4n) is 2.44. The van der Waals surface area contributed by atoms with Gasteiger partial charge in [-0.25, -0.2) is 4.98 Å². The molecule has 2 aromatic carbocycles. The van der Waals surface area contributed by atoms with Gasteiger partial charge in [0.05, 0.1) is 12.8 Å². The van der Waals surface area contributed by atoms with E-state index < -0.39 is 0 Å². The normalized spacial score (nSPS) is 10.4. The van der Waals surface area contributed by atoms with E-state index in [1.807, 2.05) is 31.2 Å². The van der Waals surface area contributed by atoms with Crippen LogP contribution in [0.3, 0.4) is 0 Å². The summed E-state index contributed by atoms with van der Waals surface area (Å²) in [5.41, 5.74) is 2.86. The number of benzene rings is 2. The molecule has 3 rings (SSSR count). The minimum atomic E-state index is 0.198. The second-order valence-electron chi connectivity index (χ2n) is 5.68. The molecule has 0 saturated carbocycles. The fourth-order valence-corrected chi connectivity index (χ4v) is 2.44. The Balaban J connectivity index is 1.90. The van der Waals surface area contributed by atoms with Gasteiger partial charge in [0.1, 0.15) is 5.75 Å². The van der Waals surface area contributed by atoms with Crippen LogP contribution in [0.15, 0.2) is 54.7 Å². The standard InChI is InChI=1S/C19H19FN4O/c1-13-9-15(11-17(10-13)25-3)22-19-21-12-14(2)18(23-19)24(20)16-7-5-4-6-8-16/h4-12H,1-3H3,(H,21,22,23). The third-order valence-corrected chi connectivity index (χ3v) is 3.66. The van der Waals surface area contributed by atoms with E-state index in [-0.39, 0.29) is 5.82 Å². The van der Waals surface area contributed by atoms with E-state index in [4.69, 9.17) is 4.74 Å². The van der Waals surface area contributed by atoms with Gasteiger partial charge in [-0.1, -0.05) is 22.7 Å². The summed E-state index contributed by atoms with van der Waals surface area (Å²) in [6.45, 7) is 3.73. The predicted molar refractivity (Wildman–Crippen MR) is 97.5 cm³/mol. The zero-order valence-electron chi connectivity index (χ0n) is 14.3. The zero-order valence-corrected chi connectivity index (χ0v) is 14.3. The summed E-state index contributed by atoms with van der Waals surface area (Å²) in [4.78, 5) is 8.56. The van der Waals surface area contributed by atoms with Crippen LogP contribution in [0.25, 0.3) is 0 Å². The van der Waals surface area contributed by atoms with Crippen LogP contribution in [-0.4, -0.2) is 17.1 Å². The highest BCUT2D eigenvalue weighted by atomic mass is 19.2. The maximum atomic E-state index is 14.7. The van der Waals surface area contributed by atoms with Crippen molar-refractivity contribution in [2.75, 3.05) is 17.5 Å². The van der Waals surface area contributed by atoms with Gasteiger partial charge in [0.2, 0.25) is 5.95 Å². The number of para-hydroxylation sites is 1. The Morgan fingerprint density at radius 1 is 1.08 bits per heavy atom. The summed E-state index contributed by atoms with van der Waals surface area (Å²) in [6, 6.07) is 14.4. The van der Waals surface area contributed by atoms with E-state index in [1.54, 1.807) is 44.5 Å². The first-order valence-corrected chi connectivity index (χ1v) is 7.84.